The molecular formula is C23H26N4O4. The van der Waals surface area contributed by atoms with Gasteiger partial charge in [0.05, 0.1) is 13.2 Å². The van der Waals surface area contributed by atoms with Crippen LogP contribution in [0.25, 0.3) is 10.9 Å². The van der Waals surface area contributed by atoms with Crippen molar-refractivity contribution in [3.8, 4) is 0 Å². The molecule has 0 spiro atoms. The Kier molecular flexibility index (Phi) is 7.26. The summed E-state index contributed by atoms with van der Waals surface area (Å²) in [6.07, 6.45) is 2.07. The Bertz CT molecular complexity index is 1050. The van der Waals surface area contributed by atoms with Crippen molar-refractivity contribution in [1.82, 2.24) is 20.9 Å². The van der Waals surface area contributed by atoms with Gasteiger partial charge in [0.15, 0.2) is 0 Å². The van der Waals surface area contributed by atoms with Crippen molar-refractivity contribution in [2.45, 2.75) is 25.4 Å². The molecule has 1 aromatic heterocycles. The summed E-state index contributed by atoms with van der Waals surface area (Å²) in [6.45, 7) is 1.59. The van der Waals surface area contributed by atoms with E-state index in [9.17, 15) is 14.4 Å². The van der Waals surface area contributed by atoms with E-state index >= 15 is 0 Å². The maximum atomic E-state index is 12.7. The van der Waals surface area contributed by atoms with Crippen LogP contribution in [0.5, 0.6) is 0 Å². The number of carbonyl (C=O) groups is 3. The molecule has 0 unspecified atom stereocenters. The van der Waals surface area contributed by atoms with Gasteiger partial charge in [0.2, 0.25) is 5.91 Å². The number of H-pyrrole nitrogens is 1. The molecule has 3 aromatic rings. The highest BCUT2D eigenvalue weighted by atomic mass is 16.5. The predicted octanol–water partition coefficient (Wildman–Crippen LogP) is 2.43. The molecule has 8 heteroatoms. The highest BCUT2D eigenvalue weighted by Crippen LogP contribution is 2.19. The number of methoxy groups -OCH3 is 1. The molecule has 3 rings (SSSR count). The van der Waals surface area contributed by atoms with Crippen LogP contribution in [0.3, 0.4) is 0 Å². The van der Waals surface area contributed by atoms with Crippen molar-refractivity contribution < 1.29 is 19.1 Å². The van der Waals surface area contributed by atoms with Crippen molar-refractivity contribution in [3.63, 3.8) is 0 Å². The maximum absolute atomic E-state index is 12.7. The third-order valence-electron chi connectivity index (χ3n) is 5.00. The number of aromatic amines is 1. The van der Waals surface area contributed by atoms with Gasteiger partial charge in [0, 0.05) is 23.5 Å². The quantitative estimate of drug-likeness (QED) is 0.418. The number of fused-ring (bicyclic) bond motifs is 1. The Labute approximate surface area is 180 Å². The van der Waals surface area contributed by atoms with Gasteiger partial charge in [-0.3, -0.25) is 9.59 Å². The Morgan fingerprint density at radius 2 is 1.71 bits per heavy atom. The second-order valence-electron chi connectivity index (χ2n) is 7.16. The number of rotatable bonds is 8. The van der Waals surface area contributed by atoms with Gasteiger partial charge in [0.1, 0.15) is 12.6 Å². The zero-order valence-corrected chi connectivity index (χ0v) is 17.5. The summed E-state index contributed by atoms with van der Waals surface area (Å²) < 4.78 is 4.57. The second kappa shape index (κ2) is 10.3. The molecule has 0 saturated carbocycles. The van der Waals surface area contributed by atoms with Gasteiger partial charge in [-0.15, -0.1) is 0 Å². The van der Waals surface area contributed by atoms with Crippen LogP contribution in [0, 0.1) is 0 Å². The summed E-state index contributed by atoms with van der Waals surface area (Å²) in [6, 6.07) is 15.6. The number of carbonyl (C=O) groups excluding carboxylic acids is 3. The first-order valence-corrected chi connectivity index (χ1v) is 9.99. The van der Waals surface area contributed by atoms with Crippen LogP contribution in [0.4, 0.5) is 4.79 Å². The summed E-state index contributed by atoms with van der Waals surface area (Å²) in [5, 5.41) is 9.06. The molecule has 3 amide bonds. The molecule has 0 aliphatic rings. The first-order valence-electron chi connectivity index (χ1n) is 9.99. The van der Waals surface area contributed by atoms with E-state index in [4.69, 9.17) is 0 Å². The zero-order chi connectivity index (χ0) is 22.2. The highest BCUT2D eigenvalue weighted by Gasteiger charge is 2.24. The minimum absolute atomic E-state index is 0.243. The van der Waals surface area contributed by atoms with E-state index in [-0.39, 0.29) is 19.0 Å². The largest absolute Gasteiger partial charge is 0.468 e. The van der Waals surface area contributed by atoms with E-state index in [2.05, 4.69) is 25.7 Å². The molecule has 31 heavy (non-hydrogen) atoms. The third kappa shape index (κ3) is 5.85. The fourth-order valence-corrected chi connectivity index (χ4v) is 3.31. The predicted molar refractivity (Wildman–Crippen MR) is 117 cm³/mol. The lowest BCUT2D eigenvalue weighted by Crippen LogP contribution is -2.52. The second-order valence-corrected chi connectivity index (χ2v) is 7.16. The maximum Gasteiger partial charge on any atom is 0.325 e. The van der Waals surface area contributed by atoms with E-state index in [1.165, 1.54) is 7.11 Å². The van der Waals surface area contributed by atoms with Gasteiger partial charge in [-0.2, -0.15) is 0 Å². The Hall–Kier alpha value is -3.81. The van der Waals surface area contributed by atoms with Crippen molar-refractivity contribution in [2.75, 3.05) is 13.7 Å². The van der Waals surface area contributed by atoms with Crippen LogP contribution in [-0.4, -0.2) is 42.6 Å². The van der Waals surface area contributed by atoms with Gasteiger partial charge in [-0.1, -0.05) is 48.5 Å². The number of hydrogen-bond acceptors (Lipinski definition) is 4. The third-order valence-corrected chi connectivity index (χ3v) is 5.00. The summed E-state index contributed by atoms with van der Waals surface area (Å²) in [5.74, 6) is -1.04. The number of benzene rings is 2. The lowest BCUT2D eigenvalue weighted by atomic mass is 10.0. The van der Waals surface area contributed by atoms with Gasteiger partial charge in [-0.25, -0.2) is 4.79 Å². The molecule has 0 radical (unpaired) electrons. The monoisotopic (exact) mass is 422 g/mol. The molecule has 8 nitrogen and oxygen atoms in total. The van der Waals surface area contributed by atoms with Crippen LogP contribution in [0.15, 0.2) is 60.8 Å². The smallest absolute Gasteiger partial charge is 0.325 e. The lowest BCUT2D eigenvalue weighted by molar-refractivity contribution is -0.141. The molecule has 0 fully saturated rings. The van der Waals surface area contributed by atoms with E-state index in [0.717, 1.165) is 22.0 Å². The molecule has 0 aliphatic carbocycles. The van der Waals surface area contributed by atoms with Crippen LogP contribution in [-0.2, 0) is 20.7 Å². The topological polar surface area (TPSA) is 112 Å². The van der Waals surface area contributed by atoms with Gasteiger partial charge < -0.3 is 25.7 Å². The molecular weight excluding hydrogens is 396 g/mol. The van der Waals surface area contributed by atoms with E-state index in [0.29, 0.717) is 0 Å². The standard InChI is InChI=1S/C23H26N4O4/c1-15(16-8-4-3-5-9-16)26-23(30)27-20(22(29)25-14-21(28)31-2)12-17-13-24-19-11-7-6-10-18(17)19/h3-11,13,15,20,24H,12,14H2,1-2H3,(H,25,29)(H2,26,27,30)/t15-,20+/m1/s1. The molecule has 4 N–H and O–H groups in total. The average Bonchev–Trinajstić information content (AvgIpc) is 3.20. The van der Waals surface area contributed by atoms with Crippen LogP contribution >= 0.6 is 0 Å². The van der Waals surface area contributed by atoms with Crippen LogP contribution in [0.2, 0.25) is 0 Å². The minimum atomic E-state index is -0.883. The van der Waals surface area contributed by atoms with Crippen molar-refractivity contribution >= 4 is 28.8 Å². The van der Waals surface area contributed by atoms with E-state index in [1.54, 1.807) is 0 Å². The summed E-state index contributed by atoms with van der Waals surface area (Å²) in [7, 11) is 1.24. The first-order chi connectivity index (χ1) is 15.0. The normalized spacial score (nSPS) is 12.6. The molecule has 162 valence electrons. The number of nitrogens with one attached hydrogen (secondary N) is 4. The molecule has 2 atom stereocenters. The van der Waals surface area contributed by atoms with E-state index < -0.39 is 23.9 Å². The lowest BCUT2D eigenvalue weighted by Gasteiger charge is -2.21. The van der Waals surface area contributed by atoms with E-state index in [1.807, 2.05) is 67.7 Å². The summed E-state index contributed by atoms with van der Waals surface area (Å²) >= 11 is 0. The molecule has 0 bridgehead atoms. The van der Waals surface area contributed by atoms with Crippen LogP contribution < -0.4 is 16.0 Å². The Balaban J connectivity index is 1.72. The van der Waals surface area contributed by atoms with Crippen LogP contribution in [0.1, 0.15) is 24.1 Å². The van der Waals surface area contributed by atoms with Crippen molar-refractivity contribution in [2.24, 2.45) is 0 Å². The number of urea groups is 1. The number of para-hydroxylation sites is 1. The fourth-order valence-electron chi connectivity index (χ4n) is 3.31. The van der Waals surface area contributed by atoms with Gasteiger partial charge in [-0.05, 0) is 24.1 Å². The molecule has 0 saturated heterocycles. The summed E-state index contributed by atoms with van der Waals surface area (Å²) in [5.41, 5.74) is 2.76. The number of aromatic nitrogens is 1. The first kappa shape index (κ1) is 21.9. The minimum Gasteiger partial charge on any atom is -0.468 e. The molecule has 0 aliphatic heterocycles. The zero-order valence-electron chi connectivity index (χ0n) is 17.5. The number of amides is 3. The highest BCUT2D eigenvalue weighted by molar-refractivity contribution is 5.90. The van der Waals surface area contributed by atoms with Gasteiger partial charge in [0.25, 0.3) is 0 Å². The average molecular weight is 422 g/mol. The Morgan fingerprint density at radius 3 is 2.45 bits per heavy atom. The van der Waals surface area contributed by atoms with Gasteiger partial charge >= 0.3 is 12.0 Å². The number of hydrogen-bond donors (Lipinski definition) is 4. The SMILES string of the molecule is COC(=O)CNC(=O)[C@H](Cc1c[nH]c2ccccc12)NC(=O)N[C@H](C)c1ccccc1. The Morgan fingerprint density at radius 1 is 1.00 bits per heavy atom. The summed E-state index contributed by atoms with van der Waals surface area (Å²) in [4.78, 5) is 40.0. The fraction of sp³-hybridized carbons (Fsp3) is 0.261. The molecule has 1 heterocycles. The molecule has 2 aromatic carbocycles. The van der Waals surface area contributed by atoms with Crippen molar-refractivity contribution in [3.05, 3.63) is 71.9 Å². The number of ether oxygens (including phenoxy) is 1. The van der Waals surface area contributed by atoms with Crippen molar-refractivity contribution in [1.29, 1.82) is 0 Å². The number of esters is 1.